The van der Waals surface area contributed by atoms with Gasteiger partial charge in [-0.3, -0.25) is 0 Å². The minimum atomic E-state index is -0.805. The molecule has 0 amide bonds. The maximum Gasteiger partial charge on any atom is 0.166 e. The van der Waals surface area contributed by atoms with Gasteiger partial charge in [0.2, 0.25) is 0 Å². The van der Waals surface area contributed by atoms with Crippen molar-refractivity contribution in [2.45, 2.75) is 24.8 Å². The standard InChI is InChI=1S/C16H15F2N/c17-14-9-11(10-16(19)6-7-16)8-13(15(14)18)12-4-2-1-3-5-12/h1-5,8-9H,6-7,10,19H2. The van der Waals surface area contributed by atoms with E-state index >= 15 is 0 Å². The summed E-state index contributed by atoms with van der Waals surface area (Å²) in [5.41, 5.74) is 7.58. The molecule has 1 saturated carbocycles. The third kappa shape index (κ3) is 2.51. The molecule has 98 valence electrons. The molecule has 0 heterocycles. The lowest BCUT2D eigenvalue weighted by atomic mass is 9.98. The number of hydrogen-bond donors (Lipinski definition) is 1. The van der Waals surface area contributed by atoms with E-state index in [0.717, 1.165) is 18.4 Å². The summed E-state index contributed by atoms with van der Waals surface area (Å²) in [6.07, 6.45) is 2.50. The van der Waals surface area contributed by atoms with Gasteiger partial charge in [0, 0.05) is 11.1 Å². The van der Waals surface area contributed by atoms with Crippen molar-refractivity contribution >= 4 is 0 Å². The number of nitrogens with two attached hydrogens (primary N) is 1. The lowest BCUT2D eigenvalue weighted by Crippen LogP contribution is -2.24. The molecule has 1 aliphatic carbocycles. The molecule has 19 heavy (non-hydrogen) atoms. The molecule has 2 aromatic rings. The van der Waals surface area contributed by atoms with Crippen LogP contribution in [0.3, 0.4) is 0 Å². The van der Waals surface area contributed by atoms with E-state index < -0.39 is 11.6 Å². The zero-order valence-corrected chi connectivity index (χ0v) is 10.5. The minimum absolute atomic E-state index is 0.210. The second kappa shape index (κ2) is 4.42. The second-order valence-electron chi connectivity index (χ2n) is 5.34. The predicted octanol–water partition coefficient (Wildman–Crippen LogP) is 3.67. The highest BCUT2D eigenvalue weighted by atomic mass is 19.2. The van der Waals surface area contributed by atoms with Crippen LogP contribution >= 0.6 is 0 Å². The van der Waals surface area contributed by atoms with E-state index in [1.807, 2.05) is 18.2 Å². The molecule has 0 bridgehead atoms. The first-order chi connectivity index (χ1) is 9.07. The highest BCUT2D eigenvalue weighted by Gasteiger charge is 2.38. The summed E-state index contributed by atoms with van der Waals surface area (Å²) in [6, 6.07) is 12.0. The SMILES string of the molecule is NC1(Cc2cc(F)c(F)c(-c3ccccc3)c2)CC1. The summed E-state index contributed by atoms with van der Waals surface area (Å²) in [7, 11) is 0. The van der Waals surface area contributed by atoms with Crippen LogP contribution in [0.15, 0.2) is 42.5 Å². The monoisotopic (exact) mass is 259 g/mol. The highest BCUT2D eigenvalue weighted by molar-refractivity contribution is 5.65. The first kappa shape index (κ1) is 12.3. The molecule has 0 spiro atoms. The number of halogens is 2. The van der Waals surface area contributed by atoms with Gasteiger partial charge in [0.15, 0.2) is 11.6 Å². The average Bonchev–Trinajstić information content (AvgIpc) is 3.12. The summed E-state index contributed by atoms with van der Waals surface area (Å²) in [5.74, 6) is -1.60. The van der Waals surface area contributed by atoms with E-state index in [4.69, 9.17) is 5.73 Å². The summed E-state index contributed by atoms with van der Waals surface area (Å²) < 4.78 is 27.6. The number of benzene rings is 2. The van der Waals surface area contributed by atoms with Crippen molar-refractivity contribution in [3.63, 3.8) is 0 Å². The van der Waals surface area contributed by atoms with E-state index in [0.29, 0.717) is 17.5 Å². The molecule has 0 unspecified atom stereocenters. The Balaban J connectivity index is 2.03. The van der Waals surface area contributed by atoms with Gasteiger partial charge in [0.25, 0.3) is 0 Å². The molecular weight excluding hydrogens is 244 g/mol. The highest BCUT2D eigenvalue weighted by Crippen LogP contribution is 2.37. The van der Waals surface area contributed by atoms with Crippen molar-refractivity contribution in [1.82, 2.24) is 0 Å². The normalized spacial score (nSPS) is 16.4. The van der Waals surface area contributed by atoms with Gasteiger partial charge in [-0.25, -0.2) is 8.78 Å². The van der Waals surface area contributed by atoms with E-state index in [-0.39, 0.29) is 5.54 Å². The summed E-state index contributed by atoms with van der Waals surface area (Å²) in [5, 5.41) is 0. The third-order valence-corrected chi connectivity index (χ3v) is 3.62. The zero-order valence-electron chi connectivity index (χ0n) is 10.5. The molecular formula is C16H15F2N. The summed E-state index contributed by atoms with van der Waals surface area (Å²) >= 11 is 0. The second-order valence-corrected chi connectivity index (χ2v) is 5.34. The van der Waals surface area contributed by atoms with E-state index in [2.05, 4.69) is 0 Å². The fourth-order valence-electron chi connectivity index (χ4n) is 2.32. The quantitative estimate of drug-likeness (QED) is 0.894. The lowest BCUT2D eigenvalue weighted by molar-refractivity contribution is 0.508. The van der Waals surface area contributed by atoms with Gasteiger partial charge in [-0.1, -0.05) is 30.3 Å². The smallest absolute Gasteiger partial charge is 0.166 e. The number of hydrogen-bond acceptors (Lipinski definition) is 1. The molecule has 0 radical (unpaired) electrons. The zero-order chi connectivity index (χ0) is 13.5. The summed E-state index contributed by atoms with van der Waals surface area (Å²) in [4.78, 5) is 0. The molecule has 0 atom stereocenters. The molecule has 0 aromatic heterocycles. The molecule has 0 aliphatic heterocycles. The Morgan fingerprint density at radius 2 is 1.74 bits per heavy atom. The fraction of sp³-hybridized carbons (Fsp3) is 0.250. The van der Waals surface area contributed by atoms with E-state index in [1.165, 1.54) is 6.07 Å². The van der Waals surface area contributed by atoms with Crippen LogP contribution in [-0.4, -0.2) is 5.54 Å². The van der Waals surface area contributed by atoms with Crippen LogP contribution in [-0.2, 0) is 6.42 Å². The van der Waals surface area contributed by atoms with Gasteiger partial charge in [-0.05, 0) is 42.5 Å². The van der Waals surface area contributed by atoms with Crippen LogP contribution in [0.5, 0.6) is 0 Å². The molecule has 1 nitrogen and oxygen atoms in total. The van der Waals surface area contributed by atoms with Gasteiger partial charge in [0.1, 0.15) is 0 Å². The van der Waals surface area contributed by atoms with Gasteiger partial charge in [-0.15, -0.1) is 0 Å². The molecule has 3 heteroatoms. The lowest BCUT2D eigenvalue weighted by Gasteiger charge is -2.12. The molecule has 0 saturated heterocycles. The van der Waals surface area contributed by atoms with Crippen LogP contribution in [0.1, 0.15) is 18.4 Å². The largest absolute Gasteiger partial charge is 0.325 e. The van der Waals surface area contributed by atoms with Crippen LogP contribution in [0, 0.1) is 11.6 Å². The summed E-state index contributed by atoms with van der Waals surface area (Å²) in [6.45, 7) is 0. The van der Waals surface area contributed by atoms with Crippen LogP contribution < -0.4 is 5.73 Å². The Bertz CT molecular complexity index is 604. The van der Waals surface area contributed by atoms with Crippen LogP contribution in [0.4, 0.5) is 8.78 Å². The van der Waals surface area contributed by atoms with Gasteiger partial charge >= 0.3 is 0 Å². The van der Waals surface area contributed by atoms with Crippen LogP contribution in [0.25, 0.3) is 11.1 Å². The minimum Gasteiger partial charge on any atom is -0.325 e. The van der Waals surface area contributed by atoms with Crippen LogP contribution in [0.2, 0.25) is 0 Å². The Hall–Kier alpha value is -1.74. The topological polar surface area (TPSA) is 26.0 Å². The fourth-order valence-corrected chi connectivity index (χ4v) is 2.32. The van der Waals surface area contributed by atoms with Gasteiger partial charge in [0.05, 0.1) is 0 Å². The molecule has 1 aliphatic rings. The number of rotatable bonds is 3. The van der Waals surface area contributed by atoms with Crippen molar-refractivity contribution in [1.29, 1.82) is 0 Å². The van der Waals surface area contributed by atoms with Crippen molar-refractivity contribution in [2.75, 3.05) is 0 Å². The first-order valence-corrected chi connectivity index (χ1v) is 6.40. The predicted molar refractivity (Wildman–Crippen MR) is 71.7 cm³/mol. The molecule has 3 rings (SSSR count). The Morgan fingerprint density at radius 1 is 1.05 bits per heavy atom. The maximum absolute atomic E-state index is 13.9. The molecule has 2 aromatic carbocycles. The Morgan fingerprint density at radius 3 is 2.37 bits per heavy atom. The Labute approximate surface area is 111 Å². The molecule has 2 N–H and O–H groups in total. The molecule has 1 fully saturated rings. The Kier molecular flexibility index (Phi) is 2.86. The van der Waals surface area contributed by atoms with Crippen molar-refractivity contribution in [3.8, 4) is 11.1 Å². The first-order valence-electron chi connectivity index (χ1n) is 6.40. The van der Waals surface area contributed by atoms with Gasteiger partial charge in [-0.2, -0.15) is 0 Å². The third-order valence-electron chi connectivity index (χ3n) is 3.62. The van der Waals surface area contributed by atoms with E-state index in [1.54, 1.807) is 18.2 Å². The van der Waals surface area contributed by atoms with Crippen molar-refractivity contribution < 1.29 is 8.78 Å². The van der Waals surface area contributed by atoms with Crippen molar-refractivity contribution in [2.24, 2.45) is 5.73 Å². The van der Waals surface area contributed by atoms with E-state index in [9.17, 15) is 8.78 Å². The van der Waals surface area contributed by atoms with Crippen molar-refractivity contribution in [3.05, 3.63) is 59.7 Å². The average molecular weight is 259 g/mol. The van der Waals surface area contributed by atoms with Gasteiger partial charge < -0.3 is 5.73 Å². The maximum atomic E-state index is 13.9.